The van der Waals surface area contributed by atoms with Crippen LogP contribution in [0.3, 0.4) is 0 Å². The van der Waals surface area contributed by atoms with Crippen LogP contribution >= 0.6 is 0 Å². The Bertz CT molecular complexity index is 561. The van der Waals surface area contributed by atoms with Crippen LogP contribution < -0.4 is 10.1 Å². The lowest BCUT2D eigenvalue weighted by Crippen LogP contribution is -2.17. The molecule has 1 aliphatic rings. The third kappa shape index (κ3) is 4.60. The maximum absolute atomic E-state index is 6.06. The summed E-state index contributed by atoms with van der Waals surface area (Å²) in [5.41, 5.74) is 2.68. The molecule has 2 heteroatoms. The Morgan fingerprint density at radius 1 is 0.909 bits per heavy atom. The molecule has 0 aromatic heterocycles. The summed E-state index contributed by atoms with van der Waals surface area (Å²) in [6, 6.07) is 19.1. The molecule has 2 nitrogen and oxygen atoms in total. The fourth-order valence-corrected chi connectivity index (χ4v) is 3.04. The minimum atomic E-state index is 0.432. The first-order chi connectivity index (χ1) is 10.9. The van der Waals surface area contributed by atoms with Gasteiger partial charge in [0.25, 0.3) is 0 Å². The average molecular weight is 295 g/mol. The fraction of sp³-hybridized carbons (Fsp3) is 0.400. The summed E-state index contributed by atoms with van der Waals surface area (Å²) in [5, 5.41) is 3.52. The van der Waals surface area contributed by atoms with Gasteiger partial charge < -0.3 is 10.1 Å². The van der Waals surface area contributed by atoms with Crippen LogP contribution in [0.5, 0.6) is 5.75 Å². The summed E-state index contributed by atoms with van der Waals surface area (Å²) in [6.07, 6.45) is 6.54. The lowest BCUT2D eigenvalue weighted by Gasteiger charge is -2.14. The van der Waals surface area contributed by atoms with Gasteiger partial charge in [-0.3, -0.25) is 0 Å². The lowest BCUT2D eigenvalue weighted by molar-refractivity contribution is 0.210. The van der Waals surface area contributed by atoms with E-state index in [9.17, 15) is 0 Å². The van der Waals surface area contributed by atoms with Crippen molar-refractivity contribution >= 4 is 0 Å². The Morgan fingerprint density at radius 3 is 2.50 bits per heavy atom. The molecule has 1 N–H and O–H groups in total. The lowest BCUT2D eigenvalue weighted by atomic mass is 10.1. The van der Waals surface area contributed by atoms with Crippen LogP contribution in [0.1, 0.15) is 36.8 Å². The van der Waals surface area contributed by atoms with Crippen LogP contribution in [-0.2, 0) is 13.0 Å². The molecule has 0 amide bonds. The van der Waals surface area contributed by atoms with Crippen molar-refractivity contribution < 1.29 is 4.74 Å². The molecule has 2 aromatic carbocycles. The van der Waals surface area contributed by atoms with Crippen molar-refractivity contribution in [2.24, 2.45) is 0 Å². The summed E-state index contributed by atoms with van der Waals surface area (Å²) in [4.78, 5) is 0. The molecular formula is C20H25NO. The van der Waals surface area contributed by atoms with Gasteiger partial charge in [-0.15, -0.1) is 0 Å². The summed E-state index contributed by atoms with van der Waals surface area (Å²) < 4.78 is 6.06. The number of ether oxygens (including phenoxy) is 1. The van der Waals surface area contributed by atoms with Crippen LogP contribution in [-0.4, -0.2) is 12.6 Å². The van der Waals surface area contributed by atoms with Gasteiger partial charge in [-0.1, -0.05) is 42.5 Å². The molecule has 2 aromatic rings. The van der Waals surface area contributed by atoms with Crippen LogP contribution in [0.2, 0.25) is 0 Å². The summed E-state index contributed by atoms with van der Waals surface area (Å²) in [6.45, 7) is 1.90. The largest absolute Gasteiger partial charge is 0.490 e. The predicted molar refractivity (Wildman–Crippen MR) is 91.2 cm³/mol. The van der Waals surface area contributed by atoms with E-state index >= 15 is 0 Å². The van der Waals surface area contributed by atoms with Gasteiger partial charge in [0.2, 0.25) is 0 Å². The number of benzene rings is 2. The van der Waals surface area contributed by atoms with Crippen molar-refractivity contribution in [2.45, 2.75) is 44.8 Å². The normalized spacial score (nSPS) is 15.1. The molecule has 0 bridgehead atoms. The van der Waals surface area contributed by atoms with Crippen LogP contribution in [0.15, 0.2) is 54.6 Å². The first-order valence-corrected chi connectivity index (χ1v) is 8.40. The number of rotatable bonds is 7. The van der Waals surface area contributed by atoms with Crippen molar-refractivity contribution in [3.63, 3.8) is 0 Å². The maximum Gasteiger partial charge on any atom is 0.120 e. The Kier molecular flexibility index (Phi) is 5.49. The highest BCUT2D eigenvalue weighted by atomic mass is 16.5. The molecule has 0 aliphatic heterocycles. The summed E-state index contributed by atoms with van der Waals surface area (Å²) in [5.74, 6) is 1.02. The summed E-state index contributed by atoms with van der Waals surface area (Å²) >= 11 is 0. The molecule has 0 saturated heterocycles. The van der Waals surface area contributed by atoms with Gasteiger partial charge in [-0.05, 0) is 61.9 Å². The Labute approximate surface area is 133 Å². The van der Waals surface area contributed by atoms with E-state index in [1.165, 1.54) is 36.8 Å². The van der Waals surface area contributed by atoms with Gasteiger partial charge in [0.05, 0.1) is 6.10 Å². The monoisotopic (exact) mass is 295 g/mol. The van der Waals surface area contributed by atoms with E-state index in [0.717, 1.165) is 25.3 Å². The first-order valence-electron chi connectivity index (χ1n) is 8.40. The van der Waals surface area contributed by atoms with Gasteiger partial charge in [0.1, 0.15) is 5.75 Å². The highest BCUT2D eigenvalue weighted by molar-refractivity contribution is 5.28. The van der Waals surface area contributed by atoms with Gasteiger partial charge in [-0.25, -0.2) is 0 Å². The van der Waals surface area contributed by atoms with E-state index in [2.05, 4.69) is 59.9 Å². The molecule has 0 unspecified atom stereocenters. The van der Waals surface area contributed by atoms with Gasteiger partial charge >= 0.3 is 0 Å². The highest BCUT2D eigenvalue weighted by Crippen LogP contribution is 2.24. The topological polar surface area (TPSA) is 21.3 Å². The second kappa shape index (κ2) is 8.00. The molecule has 3 rings (SSSR count). The highest BCUT2D eigenvalue weighted by Gasteiger charge is 2.16. The standard InChI is InChI=1S/C20H25NO/c1-2-7-17(8-3-1)13-14-21-16-18-9-6-12-20(15-18)22-19-10-4-5-11-19/h1-3,6-9,12,15,19,21H,4-5,10-11,13-14,16H2. The maximum atomic E-state index is 6.06. The van der Waals surface area contributed by atoms with Crippen LogP contribution in [0, 0.1) is 0 Å². The molecule has 116 valence electrons. The second-order valence-corrected chi connectivity index (χ2v) is 6.08. The molecule has 0 spiro atoms. The smallest absolute Gasteiger partial charge is 0.120 e. The minimum Gasteiger partial charge on any atom is -0.490 e. The molecule has 1 saturated carbocycles. The predicted octanol–water partition coefficient (Wildman–Crippen LogP) is 4.34. The van der Waals surface area contributed by atoms with Gasteiger partial charge in [-0.2, -0.15) is 0 Å². The number of hydrogen-bond donors (Lipinski definition) is 1. The van der Waals surface area contributed by atoms with Crippen LogP contribution in [0.25, 0.3) is 0 Å². The third-order valence-corrected chi connectivity index (χ3v) is 4.27. The van der Waals surface area contributed by atoms with E-state index in [0.29, 0.717) is 6.10 Å². The molecule has 1 fully saturated rings. The van der Waals surface area contributed by atoms with E-state index in [-0.39, 0.29) is 0 Å². The average Bonchev–Trinajstić information content (AvgIpc) is 3.06. The van der Waals surface area contributed by atoms with E-state index in [1.807, 2.05) is 0 Å². The molecule has 0 atom stereocenters. The molecular weight excluding hydrogens is 270 g/mol. The van der Waals surface area contributed by atoms with E-state index in [4.69, 9.17) is 4.74 Å². The van der Waals surface area contributed by atoms with Crippen LogP contribution in [0.4, 0.5) is 0 Å². The molecule has 22 heavy (non-hydrogen) atoms. The molecule has 1 aliphatic carbocycles. The van der Waals surface area contributed by atoms with Gasteiger partial charge in [0, 0.05) is 6.54 Å². The zero-order chi connectivity index (χ0) is 15.0. The van der Waals surface area contributed by atoms with E-state index in [1.54, 1.807) is 0 Å². The molecule has 0 heterocycles. The minimum absolute atomic E-state index is 0.432. The zero-order valence-corrected chi connectivity index (χ0v) is 13.1. The first kappa shape index (κ1) is 15.1. The van der Waals surface area contributed by atoms with Crippen molar-refractivity contribution in [2.75, 3.05) is 6.54 Å². The number of nitrogens with one attached hydrogen (secondary N) is 1. The van der Waals surface area contributed by atoms with Crippen molar-refractivity contribution in [1.29, 1.82) is 0 Å². The number of hydrogen-bond acceptors (Lipinski definition) is 2. The van der Waals surface area contributed by atoms with Crippen molar-refractivity contribution in [3.8, 4) is 5.75 Å². The van der Waals surface area contributed by atoms with Crippen molar-refractivity contribution in [3.05, 3.63) is 65.7 Å². The van der Waals surface area contributed by atoms with Gasteiger partial charge in [0.15, 0.2) is 0 Å². The molecule has 0 radical (unpaired) electrons. The van der Waals surface area contributed by atoms with Crippen molar-refractivity contribution in [1.82, 2.24) is 5.32 Å². The Hall–Kier alpha value is -1.80. The van der Waals surface area contributed by atoms with E-state index < -0.39 is 0 Å². The third-order valence-electron chi connectivity index (χ3n) is 4.27. The Morgan fingerprint density at radius 2 is 1.68 bits per heavy atom. The quantitative estimate of drug-likeness (QED) is 0.767. The SMILES string of the molecule is c1ccc(CCNCc2cccc(OC3CCCC3)c2)cc1. The zero-order valence-electron chi connectivity index (χ0n) is 13.1. The fourth-order valence-electron chi connectivity index (χ4n) is 3.04. The summed E-state index contributed by atoms with van der Waals surface area (Å²) in [7, 11) is 0. The second-order valence-electron chi connectivity index (χ2n) is 6.08. The Balaban J connectivity index is 1.44.